The van der Waals surface area contributed by atoms with Crippen molar-refractivity contribution >= 4 is 22.4 Å². The van der Waals surface area contributed by atoms with Crippen molar-refractivity contribution in [2.75, 3.05) is 11.9 Å². The van der Waals surface area contributed by atoms with Crippen LogP contribution in [0.2, 0.25) is 0 Å². The van der Waals surface area contributed by atoms with Gasteiger partial charge in [0.1, 0.15) is 11.5 Å². The highest BCUT2D eigenvalue weighted by atomic mass is 16.6. The fraction of sp³-hybridized carbons (Fsp3) is 0.188. The van der Waals surface area contributed by atoms with Gasteiger partial charge in [-0.15, -0.1) is 0 Å². The average Bonchev–Trinajstić information content (AvgIpc) is 2.91. The molecule has 3 aromatic rings. The molecule has 0 amide bonds. The normalized spacial score (nSPS) is 10.8. The van der Waals surface area contributed by atoms with E-state index in [0.29, 0.717) is 18.7 Å². The maximum absolute atomic E-state index is 11.1. The Balaban J connectivity index is 1.69. The number of nitrogens with one attached hydrogen (secondary N) is 2. The van der Waals surface area contributed by atoms with Crippen molar-refractivity contribution in [1.82, 2.24) is 9.97 Å². The lowest BCUT2D eigenvalue weighted by molar-refractivity contribution is -0.384. The monoisotopic (exact) mass is 296 g/mol. The number of aromatic amines is 1. The molecule has 1 aromatic heterocycles. The number of imidazole rings is 1. The van der Waals surface area contributed by atoms with Crippen LogP contribution in [0.1, 0.15) is 11.4 Å². The highest BCUT2D eigenvalue weighted by molar-refractivity contribution is 5.74. The van der Waals surface area contributed by atoms with Crippen LogP contribution in [-0.2, 0) is 6.42 Å². The number of H-pyrrole nitrogens is 1. The Bertz CT molecular complexity index is 793. The van der Waals surface area contributed by atoms with Crippen molar-refractivity contribution in [1.29, 1.82) is 0 Å². The van der Waals surface area contributed by atoms with E-state index in [1.165, 1.54) is 0 Å². The summed E-state index contributed by atoms with van der Waals surface area (Å²) in [5.41, 5.74) is 3.43. The van der Waals surface area contributed by atoms with E-state index in [1.807, 2.05) is 37.3 Å². The maximum Gasteiger partial charge on any atom is 0.292 e. The Labute approximate surface area is 127 Å². The van der Waals surface area contributed by atoms with Crippen molar-refractivity contribution in [2.24, 2.45) is 0 Å². The number of rotatable bonds is 5. The molecule has 112 valence electrons. The molecule has 6 nitrogen and oxygen atoms in total. The predicted molar refractivity (Wildman–Crippen MR) is 86.1 cm³/mol. The fourth-order valence-electron chi connectivity index (χ4n) is 2.38. The van der Waals surface area contributed by atoms with E-state index >= 15 is 0 Å². The Morgan fingerprint density at radius 3 is 2.86 bits per heavy atom. The minimum absolute atomic E-state index is 0.101. The van der Waals surface area contributed by atoms with Crippen molar-refractivity contribution in [3.05, 3.63) is 64.0 Å². The third kappa shape index (κ3) is 2.90. The number of fused-ring (bicyclic) bond motifs is 1. The highest BCUT2D eigenvalue weighted by Crippen LogP contribution is 2.25. The molecule has 0 unspecified atom stereocenters. The Hall–Kier alpha value is -2.89. The van der Waals surface area contributed by atoms with Gasteiger partial charge < -0.3 is 10.3 Å². The molecule has 1 heterocycles. The number of anilines is 1. The first-order valence-electron chi connectivity index (χ1n) is 7.06. The molecule has 0 saturated carbocycles. The number of aryl methyl sites for hydroxylation is 1. The quantitative estimate of drug-likeness (QED) is 0.558. The molecule has 0 aliphatic rings. The summed E-state index contributed by atoms with van der Waals surface area (Å²) in [6.45, 7) is 2.41. The van der Waals surface area contributed by atoms with E-state index in [-0.39, 0.29) is 10.6 Å². The molecule has 0 bridgehead atoms. The molecule has 0 aliphatic heterocycles. The minimum atomic E-state index is -0.365. The summed E-state index contributed by atoms with van der Waals surface area (Å²) in [4.78, 5) is 18.4. The topological polar surface area (TPSA) is 83.8 Å². The SMILES string of the molecule is Cc1ccc(NCCc2nc3ccccc3[nH]2)c([N+](=O)[O-])c1. The number of nitro benzene ring substituents is 1. The number of nitro groups is 1. The minimum Gasteiger partial charge on any atom is -0.379 e. The van der Waals surface area contributed by atoms with Crippen molar-refractivity contribution in [3.63, 3.8) is 0 Å². The third-order valence-electron chi connectivity index (χ3n) is 3.47. The molecular weight excluding hydrogens is 280 g/mol. The van der Waals surface area contributed by atoms with E-state index < -0.39 is 0 Å². The number of hydrogen-bond acceptors (Lipinski definition) is 4. The summed E-state index contributed by atoms with van der Waals surface area (Å²) in [5, 5.41) is 14.2. The summed E-state index contributed by atoms with van der Waals surface area (Å²) in [6.07, 6.45) is 0.666. The van der Waals surface area contributed by atoms with Gasteiger partial charge in [0, 0.05) is 19.0 Å². The molecule has 2 N–H and O–H groups in total. The van der Waals surface area contributed by atoms with Gasteiger partial charge in [-0.1, -0.05) is 18.2 Å². The smallest absolute Gasteiger partial charge is 0.292 e. The molecule has 0 aliphatic carbocycles. The predicted octanol–water partition coefficient (Wildman–Crippen LogP) is 3.43. The largest absolute Gasteiger partial charge is 0.379 e. The second-order valence-corrected chi connectivity index (χ2v) is 5.16. The average molecular weight is 296 g/mol. The van der Waals surface area contributed by atoms with E-state index in [1.54, 1.807) is 12.1 Å². The van der Waals surface area contributed by atoms with Gasteiger partial charge in [-0.3, -0.25) is 10.1 Å². The van der Waals surface area contributed by atoms with Crippen LogP contribution in [0, 0.1) is 17.0 Å². The zero-order chi connectivity index (χ0) is 15.5. The van der Waals surface area contributed by atoms with Gasteiger partial charge in [-0.05, 0) is 30.7 Å². The van der Waals surface area contributed by atoms with Crippen LogP contribution in [0.5, 0.6) is 0 Å². The lowest BCUT2D eigenvalue weighted by atomic mass is 10.2. The van der Waals surface area contributed by atoms with Gasteiger partial charge in [0.05, 0.1) is 16.0 Å². The van der Waals surface area contributed by atoms with Crippen LogP contribution in [0.3, 0.4) is 0 Å². The maximum atomic E-state index is 11.1. The van der Waals surface area contributed by atoms with Crippen LogP contribution >= 0.6 is 0 Å². The van der Waals surface area contributed by atoms with E-state index in [0.717, 1.165) is 22.4 Å². The molecule has 0 radical (unpaired) electrons. The second kappa shape index (κ2) is 5.85. The highest BCUT2D eigenvalue weighted by Gasteiger charge is 2.13. The lowest BCUT2D eigenvalue weighted by Crippen LogP contribution is -2.07. The summed E-state index contributed by atoms with van der Waals surface area (Å²) in [5.74, 6) is 0.864. The van der Waals surface area contributed by atoms with Gasteiger partial charge in [-0.2, -0.15) is 0 Å². The van der Waals surface area contributed by atoms with Gasteiger partial charge >= 0.3 is 0 Å². The molecule has 0 atom stereocenters. The summed E-state index contributed by atoms with van der Waals surface area (Å²) in [6, 6.07) is 13.0. The molecule has 0 spiro atoms. The second-order valence-electron chi connectivity index (χ2n) is 5.16. The molecule has 0 saturated heterocycles. The zero-order valence-corrected chi connectivity index (χ0v) is 12.2. The van der Waals surface area contributed by atoms with Gasteiger partial charge in [0.2, 0.25) is 0 Å². The van der Waals surface area contributed by atoms with Gasteiger partial charge in [0.15, 0.2) is 0 Å². The van der Waals surface area contributed by atoms with Crippen LogP contribution in [-0.4, -0.2) is 21.4 Å². The zero-order valence-electron chi connectivity index (χ0n) is 12.2. The fourth-order valence-corrected chi connectivity index (χ4v) is 2.38. The van der Waals surface area contributed by atoms with Crippen LogP contribution in [0.25, 0.3) is 11.0 Å². The van der Waals surface area contributed by atoms with E-state index in [4.69, 9.17) is 0 Å². The first-order chi connectivity index (χ1) is 10.6. The number of nitrogens with zero attached hydrogens (tertiary/aromatic N) is 2. The summed E-state index contributed by atoms with van der Waals surface area (Å²) < 4.78 is 0. The first-order valence-corrected chi connectivity index (χ1v) is 7.06. The number of hydrogen-bond donors (Lipinski definition) is 2. The van der Waals surface area contributed by atoms with Crippen molar-refractivity contribution in [3.8, 4) is 0 Å². The molecule has 0 fully saturated rings. The van der Waals surface area contributed by atoms with Crippen LogP contribution < -0.4 is 5.32 Å². The molecule has 6 heteroatoms. The van der Waals surface area contributed by atoms with E-state index in [2.05, 4.69) is 15.3 Å². The molecule has 2 aromatic carbocycles. The number of para-hydroxylation sites is 2. The first kappa shape index (κ1) is 14.1. The third-order valence-corrected chi connectivity index (χ3v) is 3.47. The molecule has 22 heavy (non-hydrogen) atoms. The van der Waals surface area contributed by atoms with Crippen molar-refractivity contribution < 1.29 is 4.92 Å². The number of benzene rings is 2. The van der Waals surface area contributed by atoms with Gasteiger partial charge in [0.25, 0.3) is 5.69 Å². The molecular formula is C16H16N4O2. The standard InChI is InChI=1S/C16H16N4O2/c1-11-6-7-14(15(10-11)20(21)22)17-9-8-16-18-12-4-2-3-5-13(12)19-16/h2-7,10,17H,8-9H2,1H3,(H,18,19). The Kier molecular flexibility index (Phi) is 3.74. The van der Waals surface area contributed by atoms with Crippen LogP contribution in [0.4, 0.5) is 11.4 Å². The Morgan fingerprint density at radius 2 is 2.09 bits per heavy atom. The van der Waals surface area contributed by atoms with Crippen molar-refractivity contribution in [2.45, 2.75) is 13.3 Å². The Morgan fingerprint density at radius 1 is 1.27 bits per heavy atom. The lowest BCUT2D eigenvalue weighted by Gasteiger charge is -2.06. The summed E-state index contributed by atoms with van der Waals surface area (Å²) in [7, 11) is 0. The molecule has 3 rings (SSSR count). The number of aromatic nitrogens is 2. The van der Waals surface area contributed by atoms with Crippen LogP contribution in [0.15, 0.2) is 42.5 Å². The van der Waals surface area contributed by atoms with Gasteiger partial charge in [-0.25, -0.2) is 4.98 Å². The summed E-state index contributed by atoms with van der Waals surface area (Å²) >= 11 is 0. The van der Waals surface area contributed by atoms with E-state index in [9.17, 15) is 10.1 Å².